The Morgan fingerprint density at radius 1 is 1.38 bits per heavy atom. The molecule has 13 heavy (non-hydrogen) atoms. The van der Waals surface area contributed by atoms with Gasteiger partial charge in [0.25, 0.3) is 0 Å². The number of methoxy groups -OCH3 is 2. The van der Waals surface area contributed by atoms with E-state index < -0.39 is 0 Å². The molecule has 0 saturated carbocycles. The van der Waals surface area contributed by atoms with Crippen LogP contribution in [0, 0.1) is 0 Å². The Balaban J connectivity index is 2.52. The Morgan fingerprint density at radius 3 is 2.15 bits per heavy atom. The summed E-state index contributed by atoms with van der Waals surface area (Å²) >= 11 is 0. The summed E-state index contributed by atoms with van der Waals surface area (Å²) in [4.78, 5) is 12.7. The number of rotatable bonds is 2. The minimum absolute atomic E-state index is 0.0673. The summed E-state index contributed by atoms with van der Waals surface area (Å²) < 4.78 is 10.3. The zero-order valence-corrected chi connectivity index (χ0v) is 7.82. The van der Waals surface area contributed by atoms with Crippen LogP contribution in [0.5, 0.6) is 0 Å². The number of amides is 2. The highest BCUT2D eigenvalue weighted by molar-refractivity contribution is 5.73. The second kappa shape index (κ2) is 4.40. The van der Waals surface area contributed by atoms with Crippen molar-refractivity contribution >= 4 is 6.03 Å². The highest BCUT2D eigenvalue weighted by Crippen LogP contribution is 2.15. The van der Waals surface area contributed by atoms with Crippen LogP contribution in [0.2, 0.25) is 0 Å². The summed E-state index contributed by atoms with van der Waals surface area (Å²) in [5.74, 6) is 5.00. The molecule has 76 valence electrons. The fraction of sp³-hybridized carbons (Fsp3) is 0.857. The van der Waals surface area contributed by atoms with Crippen molar-refractivity contribution in [3.63, 3.8) is 0 Å². The standard InChI is InChI=1S/C7H15N3O3/c1-12-5-3-10(7(11)9-8)4-6(5)13-2/h5-6H,3-4,8H2,1-2H3,(H,9,11). The highest BCUT2D eigenvalue weighted by atomic mass is 16.5. The zero-order valence-electron chi connectivity index (χ0n) is 7.82. The van der Waals surface area contributed by atoms with E-state index in [4.69, 9.17) is 15.3 Å². The van der Waals surface area contributed by atoms with E-state index in [9.17, 15) is 4.79 Å². The molecular weight excluding hydrogens is 174 g/mol. The maximum absolute atomic E-state index is 11.1. The van der Waals surface area contributed by atoms with Crippen LogP contribution in [0.15, 0.2) is 0 Å². The van der Waals surface area contributed by atoms with Crippen LogP contribution in [0.3, 0.4) is 0 Å². The molecule has 2 atom stereocenters. The first-order chi connectivity index (χ1) is 6.22. The number of urea groups is 1. The van der Waals surface area contributed by atoms with E-state index in [-0.39, 0.29) is 18.2 Å². The fourth-order valence-electron chi connectivity index (χ4n) is 1.45. The molecule has 6 nitrogen and oxygen atoms in total. The lowest BCUT2D eigenvalue weighted by atomic mass is 10.3. The van der Waals surface area contributed by atoms with Gasteiger partial charge in [-0.2, -0.15) is 0 Å². The predicted molar refractivity (Wildman–Crippen MR) is 45.9 cm³/mol. The molecule has 0 aromatic heterocycles. The average Bonchev–Trinajstić information content (AvgIpc) is 2.59. The van der Waals surface area contributed by atoms with Gasteiger partial charge in [0.2, 0.25) is 0 Å². The van der Waals surface area contributed by atoms with Crippen molar-refractivity contribution in [1.29, 1.82) is 0 Å². The second-order valence-electron chi connectivity index (χ2n) is 2.90. The van der Waals surface area contributed by atoms with E-state index in [0.717, 1.165) is 0 Å². The number of carbonyl (C=O) groups is 1. The third kappa shape index (κ3) is 2.09. The van der Waals surface area contributed by atoms with Crippen LogP contribution >= 0.6 is 0 Å². The summed E-state index contributed by atoms with van der Waals surface area (Å²) in [6, 6.07) is -0.304. The van der Waals surface area contributed by atoms with Crippen LogP contribution in [0.1, 0.15) is 0 Å². The largest absolute Gasteiger partial charge is 0.377 e. The first kappa shape index (κ1) is 10.2. The molecule has 0 aromatic rings. The fourth-order valence-corrected chi connectivity index (χ4v) is 1.45. The monoisotopic (exact) mass is 189 g/mol. The lowest BCUT2D eigenvalue weighted by molar-refractivity contribution is -0.00461. The molecule has 1 aliphatic rings. The number of nitrogens with one attached hydrogen (secondary N) is 1. The number of hydrogen-bond donors (Lipinski definition) is 2. The number of ether oxygens (including phenoxy) is 2. The molecule has 0 aromatic carbocycles. The maximum atomic E-state index is 11.1. The molecule has 1 rings (SSSR count). The second-order valence-corrected chi connectivity index (χ2v) is 2.90. The van der Waals surface area contributed by atoms with Gasteiger partial charge >= 0.3 is 6.03 Å². The molecule has 0 aliphatic carbocycles. The van der Waals surface area contributed by atoms with Crippen LogP contribution in [-0.2, 0) is 9.47 Å². The van der Waals surface area contributed by atoms with Crippen molar-refractivity contribution in [2.75, 3.05) is 27.3 Å². The van der Waals surface area contributed by atoms with Gasteiger partial charge < -0.3 is 14.4 Å². The van der Waals surface area contributed by atoms with Crippen molar-refractivity contribution < 1.29 is 14.3 Å². The summed E-state index contributed by atoms with van der Waals surface area (Å²) in [7, 11) is 3.20. The topological polar surface area (TPSA) is 76.8 Å². The maximum Gasteiger partial charge on any atom is 0.331 e. The van der Waals surface area contributed by atoms with E-state index in [1.165, 1.54) is 0 Å². The molecule has 1 heterocycles. The van der Waals surface area contributed by atoms with Crippen LogP contribution in [0.25, 0.3) is 0 Å². The average molecular weight is 189 g/mol. The van der Waals surface area contributed by atoms with E-state index in [0.29, 0.717) is 13.1 Å². The van der Waals surface area contributed by atoms with Gasteiger partial charge in [-0.1, -0.05) is 0 Å². The van der Waals surface area contributed by atoms with Gasteiger partial charge in [-0.3, -0.25) is 5.43 Å². The van der Waals surface area contributed by atoms with E-state index in [1.54, 1.807) is 19.1 Å². The zero-order chi connectivity index (χ0) is 9.84. The summed E-state index contributed by atoms with van der Waals surface area (Å²) in [6.07, 6.45) is -0.135. The highest BCUT2D eigenvalue weighted by Gasteiger charge is 2.35. The van der Waals surface area contributed by atoms with Crippen molar-refractivity contribution in [3.05, 3.63) is 0 Å². The van der Waals surface area contributed by atoms with Crippen LogP contribution in [-0.4, -0.2) is 50.4 Å². The van der Waals surface area contributed by atoms with E-state index in [2.05, 4.69) is 5.43 Å². The van der Waals surface area contributed by atoms with Gasteiger partial charge in [0.1, 0.15) is 12.2 Å². The van der Waals surface area contributed by atoms with Gasteiger partial charge in [0, 0.05) is 14.2 Å². The minimum Gasteiger partial charge on any atom is -0.377 e. The molecule has 0 bridgehead atoms. The molecule has 1 fully saturated rings. The first-order valence-electron chi connectivity index (χ1n) is 4.04. The number of hydrogen-bond acceptors (Lipinski definition) is 4. The number of carbonyl (C=O) groups excluding carboxylic acids is 1. The van der Waals surface area contributed by atoms with Crippen molar-refractivity contribution in [1.82, 2.24) is 10.3 Å². The summed E-state index contributed by atoms with van der Waals surface area (Å²) in [6.45, 7) is 1.02. The number of likely N-dealkylation sites (tertiary alicyclic amines) is 1. The SMILES string of the molecule is COC1CN(C(=O)NN)CC1OC. The number of hydrazine groups is 1. The number of nitrogens with zero attached hydrogens (tertiary/aromatic N) is 1. The van der Waals surface area contributed by atoms with E-state index >= 15 is 0 Å². The Morgan fingerprint density at radius 2 is 1.85 bits per heavy atom. The molecule has 2 amide bonds. The molecule has 0 radical (unpaired) electrons. The first-order valence-corrected chi connectivity index (χ1v) is 4.04. The van der Waals surface area contributed by atoms with Crippen molar-refractivity contribution in [2.24, 2.45) is 5.84 Å². The quantitative estimate of drug-likeness (QED) is 0.329. The van der Waals surface area contributed by atoms with Crippen LogP contribution < -0.4 is 11.3 Å². The molecule has 0 spiro atoms. The Kier molecular flexibility index (Phi) is 3.47. The number of nitrogens with two attached hydrogens (primary N) is 1. The molecule has 3 N–H and O–H groups in total. The normalized spacial score (nSPS) is 27.8. The molecule has 1 saturated heterocycles. The van der Waals surface area contributed by atoms with Gasteiger partial charge in [-0.05, 0) is 0 Å². The lowest BCUT2D eigenvalue weighted by Gasteiger charge is -2.13. The summed E-state index contributed by atoms with van der Waals surface area (Å²) in [5, 5.41) is 0. The predicted octanol–water partition coefficient (Wildman–Crippen LogP) is -1.08. The smallest absolute Gasteiger partial charge is 0.331 e. The van der Waals surface area contributed by atoms with Gasteiger partial charge in [0.05, 0.1) is 13.1 Å². The van der Waals surface area contributed by atoms with Crippen molar-refractivity contribution in [3.8, 4) is 0 Å². The summed E-state index contributed by atoms with van der Waals surface area (Å²) in [5.41, 5.74) is 2.07. The molecule has 1 aliphatic heterocycles. The molecule has 6 heteroatoms. The van der Waals surface area contributed by atoms with Crippen LogP contribution in [0.4, 0.5) is 4.79 Å². The van der Waals surface area contributed by atoms with E-state index in [1.807, 2.05) is 0 Å². The minimum atomic E-state index is -0.304. The third-order valence-corrected chi connectivity index (χ3v) is 2.23. The Labute approximate surface area is 76.9 Å². The molecule has 2 unspecified atom stereocenters. The molecular formula is C7H15N3O3. The Hall–Kier alpha value is -0.850. The van der Waals surface area contributed by atoms with Gasteiger partial charge in [0.15, 0.2) is 0 Å². The van der Waals surface area contributed by atoms with Crippen molar-refractivity contribution in [2.45, 2.75) is 12.2 Å². The lowest BCUT2D eigenvalue weighted by Crippen LogP contribution is -2.42. The van der Waals surface area contributed by atoms with Gasteiger partial charge in [-0.15, -0.1) is 0 Å². The third-order valence-electron chi connectivity index (χ3n) is 2.23. The Bertz CT molecular complexity index is 176. The van der Waals surface area contributed by atoms with Gasteiger partial charge in [-0.25, -0.2) is 10.6 Å².